The highest BCUT2D eigenvalue weighted by Gasteiger charge is 2.21. The summed E-state index contributed by atoms with van der Waals surface area (Å²) in [5.74, 6) is 0.275. The monoisotopic (exact) mass is 490 g/mol. The third kappa shape index (κ3) is 3.56. The van der Waals surface area contributed by atoms with E-state index in [1.165, 1.54) is 27.3 Å². The van der Waals surface area contributed by atoms with E-state index in [9.17, 15) is 14.0 Å². The molecule has 0 saturated carbocycles. The Morgan fingerprint density at radius 3 is 2.71 bits per heavy atom. The van der Waals surface area contributed by atoms with E-state index in [1.54, 1.807) is 47.7 Å². The van der Waals surface area contributed by atoms with Crippen LogP contribution in [0.1, 0.15) is 29.1 Å². The first-order valence-corrected chi connectivity index (χ1v) is 12.8. The predicted molar refractivity (Wildman–Crippen MR) is 134 cm³/mol. The van der Waals surface area contributed by atoms with Gasteiger partial charge in [0.05, 0.1) is 27.7 Å². The SMILES string of the molecule is O=c1[nH]c(CSc2nc3ccccc3c(=O)n2-c2ccccc2F)nc2sc3c(c12)CCCC3. The number of aryl methyl sites for hydroxylation is 2. The second-order valence-corrected chi connectivity index (χ2v) is 10.2. The maximum atomic E-state index is 14.7. The van der Waals surface area contributed by atoms with Gasteiger partial charge in [0.15, 0.2) is 5.16 Å². The van der Waals surface area contributed by atoms with E-state index in [0.717, 1.165) is 36.1 Å². The van der Waals surface area contributed by atoms with Crippen molar-refractivity contribution in [3.8, 4) is 5.69 Å². The van der Waals surface area contributed by atoms with Gasteiger partial charge in [-0.05, 0) is 55.5 Å². The minimum atomic E-state index is -0.513. The summed E-state index contributed by atoms with van der Waals surface area (Å²) in [4.78, 5) is 40.5. The van der Waals surface area contributed by atoms with Crippen LogP contribution in [0.4, 0.5) is 4.39 Å². The number of thioether (sulfide) groups is 1. The second kappa shape index (κ2) is 8.48. The molecule has 1 N–H and O–H groups in total. The van der Waals surface area contributed by atoms with Crippen LogP contribution in [0.3, 0.4) is 0 Å². The van der Waals surface area contributed by atoms with Crippen molar-refractivity contribution >= 4 is 44.2 Å². The standard InChI is InChI=1S/C25H19FN4O2S2/c26-16-9-3-5-11-18(16)30-24(32)14-7-1-4-10-17(14)27-25(30)33-13-20-28-22(31)21-15-8-2-6-12-19(15)34-23(21)29-20/h1,3-5,7,9-11H,2,6,8,12-13H2,(H,28,29,31). The summed E-state index contributed by atoms with van der Waals surface area (Å²) in [5, 5.41) is 1.45. The Hall–Kier alpha value is -3.30. The molecule has 170 valence electrons. The van der Waals surface area contributed by atoms with Gasteiger partial charge in [-0.25, -0.2) is 14.4 Å². The Morgan fingerprint density at radius 1 is 1.03 bits per heavy atom. The van der Waals surface area contributed by atoms with E-state index in [-0.39, 0.29) is 22.6 Å². The molecule has 3 aromatic heterocycles. The third-order valence-corrected chi connectivity index (χ3v) is 8.19. The van der Waals surface area contributed by atoms with E-state index in [1.807, 2.05) is 6.07 Å². The predicted octanol–water partition coefficient (Wildman–Crippen LogP) is 4.99. The molecular weight excluding hydrogens is 471 g/mol. The average Bonchev–Trinajstić information content (AvgIpc) is 3.22. The fraction of sp³-hybridized carbons (Fsp3) is 0.200. The molecule has 3 heterocycles. The molecule has 0 spiro atoms. The molecule has 0 atom stereocenters. The van der Waals surface area contributed by atoms with Crippen molar-refractivity contribution in [3.05, 3.63) is 91.3 Å². The van der Waals surface area contributed by atoms with Gasteiger partial charge < -0.3 is 4.98 Å². The molecule has 1 aliphatic carbocycles. The number of aromatic amines is 1. The Kier molecular flexibility index (Phi) is 5.30. The van der Waals surface area contributed by atoms with Gasteiger partial charge in [0.25, 0.3) is 11.1 Å². The van der Waals surface area contributed by atoms with Crippen molar-refractivity contribution < 1.29 is 4.39 Å². The second-order valence-electron chi connectivity index (χ2n) is 8.20. The number of benzene rings is 2. The average molecular weight is 491 g/mol. The molecule has 6 rings (SSSR count). The van der Waals surface area contributed by atoms with E-state index in [4.69, 9.17) is 4.98 Å². The highest BCUT2D eigenvalue weighted by Crippen LogP contribution is 2.34. The molecule has 34 heavy (non-hydrogen) atoms. The van der Waals surface area contributed by atoms with Gasteiger partial charge in [0.1, 0.15) is 16.5 Å². The first kappa shape index (κ1) is 21.2. The van der Waals surface area contributed by atoms with Crippen LogP contribution in [0.15, 0.2) is 63.3 Å². The summed E-state index contributed by atoms with van der Waals surface area (Å²) in [6.45, 7) is 0. The molecule has 6 nitrogen and oxygen atoms in total. The maximum absolute atomic E-state index is 14.7. The number of rotatable bonds is 4. The zero-order valence-electron chi connectivity index (χ0n) is 18.0. The molecule has 5 aromatic rings. The van der Waals surface area contributed by atoms with Crippen molar-refractivity contribution in [2.24, 2.45) is 0 Å². The number of para-hydroxylation sites is 2. The minimum absolute atomic E-state index is 0.127. The smallest absolute Gasteiger partial charge is 0.266 e. The van der Waals surface area contributed by atoms with Gasteiger partial charge in [0.2, 0.25) is 0 Å². The summed E-state index contributed by atoms with van der Waals surface area (Å²) in [6, 6.07) is 13.1. The number of hydrogen-bond acceptors (Lipinski definition) is 6. The van der Waals surface area contributed by atoms with Crippen molar-refractivity contribution in [2.45, 2.75) is 36.6 Å². The van der Waals surface area contributed by atoms with Gasteiger partial charge in [0, 0.05) is 4.88 Å². The van der Waals surface area contributed by atoms with Crippen LogP contribution in [-0.4, -0.2) is 19.5 Å². The molecule has 0 amide bonds. The van der Waals surface area contributed by atoms with E-state index >= 15 is 0 Å². The van der Waals surface area contributed by atoms with Crippen LogP contribution in [0, 0.1) is 5.82 Å². The fourth-order valence-electron chi connectivity index (χ4n) is 4.46. The van der Waals surface area contributed by atoms with Gasteiger partial charge in [-0.1, -0.05) is 36.0 Å². The normalized spacial score (nSPS) is 13.4. The van der Waals surface area contributed by atoms with Crippen molar-refractivity contribution in [3.63, 3.8) is 0 Å². The van der Waals surface area contributed by atoms with Crippen LogP contribution < -0.4 is 11.1 Å². The lowest BCUT2D eigenvalue weighted by Gasteiger charge is -2.13. The van der Waals surface area contributed by atoms with E-state index in [2.05, 4.69) is 9.97 Å². The molecule has 0 fully saturated rings. The Balaban J connectivity index is 1.43. The highest BCUT2D eigenvalue weighted by atomic mass is 32.2. The number of aromatic nitrogens is 4. The number of H-pyrrole nitrogens is 1. The lowest BCUT2D eigenvalue weighted by atomic mass is 9.97. The highest BCUT2D eigenvalue weighted by molar-refractivity contribution is 7.98. The molecule has 0 radical (unpaired) electrons. The van der Waals surface area contributed by atoms with Gasteiger partial charge in [-0.15, -0.1) is 11.3 Å². The summed E-state index contributed by atoms with van der Waals surface area (Å²) < 4.78 is 16.0. The van der Waals surface area contributed by atoms with Crippen LogP contribution >= 0.6 is 23.1 Å². The minimum Gasteiger partial charge on any atom is -0.309 e. The van der Waals surface area contributed by atoms with Crippen molar-refractivity contribution in [2.75, 3.05) is 0 Å². The number of halogens is 1. The van der Waals surface area contributed by atoms with Crippen LogP contribution in [0.25, 0.3) is 26.8 Å². The Morgan fingerprint density at radius 2 is 1.82 bits per heavy atom. The molecule has 9 heteroatoms. The number of nitrogens with one attached hydrogen (secondary N) is 1. The number of hydrogen-bond donors (Lipinski definition) is 1. The maximum Gasteiger partial charge on any atom is 0.266 e. The third-order valence-electron chi connectivity index (χ3n) is 6.05. The zero-order valence-corrected chi connectivity index (χ0v) is 19.6. The van der Waals surface area contributed by atoms with Crippen molar-refractivity contribution in [1.82, 2.24) is 19.5 Å². The summed E-state index contributed by atoms with van der Waals surface area (Å²) >= 11 is 2.84. The number of nitrogens with zero attached hydrogens (tertiary/aromatic N) is 3. The molecule has 1 aliphatic rings. The first-order chi connectivity index (χ1) is 16.6. The summed E-state index contributed by atoms with van der Waals surface area (Å²) in [5.41, 5.74) is 1.34. The van der Waals surface area contributed by atoms with Crippen LogP contribution in [-0.2, 0) is 18.6 Å². The topological polar surface area (TPSA) is 80.6 Å². The number of thiophene rings is 1. The van der Waals surface area contributed by atoms with Gasteiger partial charge >= 0.3 is 0 Å². The first-order valence-electron chi connectivity index (χ1n) is 11.0. The van der Waals surface area contributed by atoms with Gasteiger partial charge in [-0.2, -0.15) is 0 Å². The van der Waals surface area contributed by atoms with Crippen molar-refractivity contribution in [1.29, 1.82) is 0 Å². The largest absolute Gasteiger partial charge is 0.309 e. The molecule has 0 saturated heterocycles. The van der Waals surface area contributed by atoms with Gasteiger partial charge in [-0.3, -0.25) is 14.2 Å². The van der Waals surface area contributed by atoms with Crippen LogP contribution in [0.2, 0.25) is 0 Å². The lowest BCUT2D eigenvalue weighted by Crippen LogP contribution is -2.22. The van der Waals surface area contributed by atoms with E-state index in [0.29, 0.717) is 27.3 Å². The molecule has 0 unspecified atom stereocenters. The summed E-state index contributed by atoms with van der Waals surface area (Å²) in [7, 11) is 0. The molecule has 0 aliphatic heterocycles. The Bertz CT molecular complexity index is 1690. The molecular formula is C25H19FN4O2S2. The lowest BCUT2D eigenvalue weighted by molar-refractivity contribution is 0.608. The van der Waals surface area contributed by atoms with Crippen LogP contribution in [0.5, 0.6) is 0 Å². The quantitative estimate of drug-likeness (QED) is 0.283. The van der Waals surface area contributed by atoms with E-state index < -0.39 is 5.82 Å². The number of fused-ring (bicyclic) bond motifs is 4. The zero-order chi connectivity index (χ0) is 23.2. The summed E-state index contributed by atoms with van der Waals surface area (Å²) in [6.07, 6.45) is 4.15. The Labute approximate surface area is 201 Å². The molecule has 0 bridgehead atoms. The fourth-order valence-corrected chi connectivity index (χ4v) is 6.62. The molecule has 2 aromatic carbocycles.